The zero-order chi connectivity index (χ0) is 11.1. The SMILES string of the molecule is CCC(=O)N1CCCN(CCCN)CC1. The third-order valence-corrected chi connectivity index (χ3v) is 2.92. The minimum Gasteiger partial charge on any atom is -0.341 e. The van der Waals surface area contributed by atoms with Gasteiger partial charge in [-0.3, -0.25) is 4.79 Å². The van der Waals surface area contributed by atoms with Gasteiger partial charge >= 0.3 is 0 Å². The number of carbonyl (C=O) groups is 1. The van der Waals surface area contributed by atoms with Crippen LogP contribution < -0.4 is 5.73 Å². The summed E-state index contributed by atoms with van der Waals surface area (Å²) in [6.45, 7) is 7.68. The molecule has 0 aromatic heterocycles. The number of hydrogen-bond donors (Lipinski definition) is 1. The summed E-state index contributed by atoms with van der Waals surface area (Å²) in [6.07, 6.45) is 2.78. The summed E-state index contributed by atoms with van der Waals surface area (Å²) in [4.78, 5) is 15.9. The summed E-state index contributed by atoms with van der Waals surface area (Å²) in [6, 6.07) is 0. The van der Waals surface area contributed by atoms with E-state index in [-0.39, 0.29) is 5.91 Å². The molecule has 15 heavy (non-hydrogen) atoms. The van der Waals surface area contributed by atoms with Gasteiger partial charge in [0.2, 0.25) is 5.91 Å². The molecule has 1 aliphatic rings. The Bertz CT molecular complexity index is 196. The van der Waals surface area contributed by atoms with Crippen molar-refractivity contribution in [2.75, 3.05) is 39.3 Å². The van der Waals surface area contributed by atoms with Crippen molar-refractivity contribution < 1.29 is 4.79 Å². The molecule has 88 valence electrons. The van der Waals surface area contributed by atoms with E-state index >= 15 is 0 Å². The van der Waals surface area contributed by atoms with Gasteiger partial charge in [-0.2, -0.15) is 0 Å². The van der Waals surface area contributed by atoms with Crippen molar-refractivity contribution in [3.63, 3.8) is 0 Å². The fraction of sp³-hybridized carbons (Fsp3) is 0.909. The highest BCUT2D eigenvalue weighted by Crippen LogP contribution is 2.05. The van der Waals surface area contributed by atoms with Gasteiger partial charge in [-0.05, 0) is 32.5 Å². The fourth-order valence-corrected chi connectivity index (χ4v) is 1.98. The van der Waals surface area contributed by atoms with Crippen molar-refractivity contribution in [2.24, 2.45) is 5.73 Å². The van der Waals surface area contributed by atoms with Crippen molar-refractivity contribution in [3.05, 3.63) is 0 Å². The van der Waals surface area contributed by atoms with Crippen molar-refractivity contribution >= 4 is 5.91 Å². The Hall–Kier alpha value is -0.610. The molecule has 1 fully saturated rings. The smallest absolute Gasteiger partial charge is 0.222 e. The topological polar surface area (TPSA) is 49.6 Å². The summed E-state index contributed by atoms with van der Waals surface area (Å²) >= 11 is 0. The molecule has 1 saturated heterocycles. The normalized spacial score (nSPS) is 18.9. The lowest BCUT2D eigenvalue weighted by atomic mass is 10.3. The van der Waals surface area contributed by atoms with Gasteiger partial charge in [0.25, 0.3) is 0 Å². The molecule has 0 bridgehead atoms. The van der Waals surface area contributed by atoms with E-state index < -0.39 is 0 Å². The monoisotopic (exact) mass is 213 g/mol. The van der Waals surface area contributed by atoms with Gasteiger partial charge in [0, 0.05) is 26.1 Å². The van der Waals surface area contributed by atoms with Crippen LogP contribution in [0, 0.1) is 0 Å². The zero-order valence-electron chi connectivity index (χ0n) is 9.74. The van der Waals surface area contributed by atoms with Crippen LogP contribution in [0.25, 0.3) is 0 Å². The molecule has 1 amide bonds. The highest BCUT2D eigenvalue weighted by atomic mass is 16.2. The molecule has 0 aromatic rings. The van der Waals surface area contributed by atoms with Crippen LogP contribution in [0.5, 0.6) is 0 Å². The standard InChI is InChI=1S/C11H23N3O/c1-2-11(15)14-8-4-7-13(9-10-14)6-3-5-12/h2-10,12H2,1H3. The van der Waals surface area contributed by atoms with E-state index in [1.807, 2.05) is 11.8 Å². The maximum atomic E-state index is 11.5. The summed E-state index contributed by atoms with van der Waals surface area (Å²) in [5.74, 6) is 0.288. The average Bonchev–Trinajstić information content (AvgIpc) is 2.50. The Morgan fingerprint density at radius 1 is 1.27 bits per heavy atom. The Kier molecular flexibility index (Phi) is 5.65. The van der Waals surface area contributed by atoms with Gasteiger partial charge in [-0.15, -0.1) is 0 Å². The second kappa shape index (κ2) is 6.80. The Labute approximate surface area is 92.4 Å². The first-order valence-electron chi connectivity index (χ1n) is 5.98. The number of hydrogen-bond acceptors (Lipinski definition) is 3. The second-order valence-electron chi connectivity index (χ2n) is 4.07. The van der Waals surface area contributed by atoms with E-state index in [1.54, 1.807) is 0 Å². The van der Waals surface area contributed by atoms with Gasteiger partial charge in [0.1, 0.15) is 0 Å². The summed E-state index contributed by atoms with van der Waals surface area (Å²) in [5, 5.41) is 0. The molecule has 0 atom stereocenters. The predicted octanol–water partition coefficient (Wildman–Crippen LogP) is 0.280. The molecule has 4 heteroatoms. The number of carbonyl (C=O) groups excluding carboxylic acids is 1. The molecule has 1 aliphatic heterocycles. The number of nitrogens with two attached hydrogens (primary N) is 1. The van der Waals surface area contributed by atoms with E-state index in [9.17, 15) is 4.79 Å². The van der Waals surface area contributed by atoms with Crippen molar-refractivity contribution in [2.45, 2.75) is 26.2 Å². The van der Waals surface area contributed by atoms with Crippen LogP contribution in [0.1, 0.15) is 26.2 Å². The molecule has 1 rings (SSSR count). The lowest BCUT2D eigenvalue weighted by Crippen LogP contribution is -2.35. The largest absolute Gasteiger partial charge is 0.341 e. The molecule has 0 unspecified atom stereocenters. The summed E-state index contributed by atoms with van der Waals surface area (Å²) in [5.41, 5.74) is 5.49. The quantitative estimate of drug-likeness (QED) is 0.730. The Morgan fingerprint density at radius 3 is 2.73 bits per heavy atom. The van der Waals surface area contributed by atoms with Crippen LogP contribution in [0.3, 0.4) is 0 Å². The minimum atomic E-state index is 0.288. The Morgan fingerprint density at radius 2 is 2.07 bits per heavy atom. The number of amides is 1. The molecule has 0 radical (unpaired) electrons. The fourth-order valence-electron chi connectivity index (χ4n) is 1.98. The molecule has 4 nitrogen and oxygen atoms in total. The van der Waals surface area contributed by atoms with Gasteiger partial charge < -0.3 is 15.5 Å². The van der Waals surface area contributed by atoms with Gasteiger partial charge in [0.05, 0.1) is 0 Å². The van der Waals surface area contributed by atoms with Gasteiger partial charge in [-0.1, -0.05) is 6.92 Å². The van der Waals surface area contributed by atoms with Crippen LogP contribution >= 0.6 is 0 Å². The second-order valence-corrected chi connectivity index (χ2v) is 4.07. The number of nitrogens with zero attached hydrogens (tertiary/aromatic N) is 2. The van der Waals surface area contributed by atoms with Gasteiger partial charge in [-0.25, -0.2) is 0 Å². The van der Waals surface area contributed by atoms with Crippen LogP contribution in [0.15, 0.2) is 0 Å². The first-order chi connectivity index (χ1) is 7.27. The predicted molar refractivity (Wildman–Crippen MR) is 61.6 cm³/mol. The van der Waals surface area contributed by atoms with Crippen LogP contribution in [0.2, 0.25) is 0 Å². The van der Waals surface area contributed by atoms with E-state index in [0.29, 0.717) is 6.42 Å². The molecule has 0 aliphatic carbocycles. The number of rotatable bonds is 4. The summed E-state index contributed by atoms with van der Waals surface area (Å²) < 4.78 is 0. The third kappa shape index (κ3) is 4.18. The van der Waals surface area contributed by atoms with Crippen LogP contribution in [0.4, 0.5) is 0 Å². The maximum Gasteiger partial charge on any atom is 0.222 e. The lowest BCUT2D eigenvalue weighted by molar-refractivity contribution is -0.130. The van der Waals surface area contributed by atoms with Gasteiger partial charge in [0.15, 0.2) is 0 Å². The first-order valence-corrected chi connectivity index (χ1v) is 5.98. The minimum absolute atomic E-state index is 0.288. The van der Waals surface area contributed by atoms with Crippen molar-refractivity contribution in [1.82, 2.24) is 9.80 Å². The van der Waals surface area contributed by atoms with Crippen molar-refractivity contribution in [1.29, 1.82) is 0 Å². The zero-order valence-corrected chi connectivity index (χ0v) is 9.74. The molecule has 0 spiro atoms. The van der Waals surface area contributed by atoms with Crippen molar-refractivity contribution in [3.8, 4) is 0 Å². The Balaban J connectivity index is 2.31. The molecule has 2 N–H and O–H groups in total. The molecular formula is C11H23N3O. The summed E-state index contributed by atoms with van der Waals surface area (Å²) in [7, 11) is 0. The third-order valence-electron chi connectivity index (χ3n) is 2.92. The van der Waals surface area contributed by atoms with E-state index in [2.05, 4.69) is 4.90 Å². The van der Waals surface area contributed by atoms with Crippen LogP contribution in [-0.4, -0.2) is 55.0 Å². The van der Waals surface area contributed by atoms with Crippen LogP contribution in [-0.2, 0) is 4.79 Å². The molecule has 1 heterocycles. The first kappa shape index (κ1) is 12.5. The van der Waals surface area contributed by atoms with E-state index in [4.69, 9.17) is 5.73 Å². The average molecular weight is 213 g/mol. The van der Waals surface area contributed by atoms with E-state index in [1.165, 1.54) is 0 Å². The molecule has 0 saturated carbocycles. The maximum absolute atomic E-state index is 11.5. The van der Waals surface area contributed by atoms with E-state index in [0.717, 1.165) is 52.1 Å². The highest BCUT2D eigenvalue weighted by Gasteiger charge is 2.16. The lowest BCUT2D eigenvalue weighted by Gasteiger charge is -2.21. The molecule has 0 aromatic carbocycles. The highest BCUT2D eigenvalue weighted by molar-refractivity contribution is 5.75. The molecular weight excluding hydrogens is 190 g/mol.